The van der Waals surface area contributed by atoms with E-state index in [-0.39, 0.29) is 0 Å². The molecule has 0 radical (unpaired) electrons. The summed E-state index contributed by atoms with van der Waals surface area (Å²) in [7, 11) is 0. The van der Waals surface area contributed by atoms with E-state index in [0.29, 0.717) is 10.6 Å². The summed E-state index contributed by atoms with van der Waals surface area (Å²) in [5.41, 5.74) is 3.27. The molecule has 0 amide bonds. The van der Waals surface area contributed by atoms with E-state index in [1.165, 1.54) is 11.5 Å². The molecule has 0 fully saturated rings. The van der Waals surface area contributed by atoms with Gasteiger partial charge >= 0.3 is 0 Å². The number of rotatable bonds is 8. The lowest BCUT2D eigenvalue weighted by Gasteiger charge is -2.07. The lowest BCUT2D eigenvalue weighted by molar-refractivity contribution is 1.02. The van der Waals surface area contributed by atoms with E-state index >= 15 is 0 Å². The van der Waals surface area contributed by atoms with Crippen molar-refractivity contribution < 1.29 is 0 Å². The molecule has 0 unspecified atom stereocenters. The van der Waals surface area contributed by atoms with Gasteiger partial charge < -0.3 is 10.3 Å². The Morgan fingerprint density at radius 2 is 2.25 bits per heavy atom. The van der Waals surface area contributed by atoms with Gasteiger partial charge in [-0.3, -0.25) is 4.98 Å². The summed E-state index contributed by atoms with van der Waals surface area (Å²) < 4.78 is 5.01. The number of aromatic amines is 1. The predicted octanol–water partition coefficient (Wildman–Crippen LogP) is 3.93. The van der Waals surface area contributed by atoms with Crippen molar-refractivity contribution in [1.29, 1.82) is 0 Å². The zero-order valence-corrected chi connectivity index (χ0v) is 15.4. The van der Waals surface area contributed by atoms with E-state index < -0.39 is 0 Å². The molecule has 0 atom stereocenters. The summed E-state index contributed by atoms with van der Waals surface area (Å²) >= 11 is 8.77. The molecule has 8 heteroatoms. The third-order valence-corrected chi connectivity index (χ3v) is 5.23. The fraction of sp³-hybridized carbons (Fsp3) is 0.250. The molecular weight excluding hydrogens is 358 g/mol. The van der Waals surface area contributed by atoms with Crippen molar-refractivity contribution in [3.8, 4) is 0 Å². The second kappa shape index (κ2) is 8.91. The van der Waals surface area contributed by atoms with Crippen LogP contribution in [-0.4, -0.2) is 31.6 Å². The van der Waals surface area contributed by atoms with Crippen LogP contribution >= 0.6 is 35.5 Å². The SMILES string of the molecule is S=c1[nH]c(NCCSCc2ccsn2)ncc1Cc1cccnc1. The molecule has 124 valence electrons. The highest BCUT2D eigenvalue weighted by atomic mass is 32.2. The monoisotopic (exact) mass is 375 g/mol. The molecule has 2 N–H and O–H groups in total. The molecule has 5 nitrogen and oxygen atoms in total. The molecule has 0 aliphatic rings. The number of aromatic nitrogens is 4. The maximum absolute atomic E-state index is 5.43. The summed E-state index contributed by atoms with van der Waals surface area (Å²) in [5, 5.41) is 5.28. The average molecular weight is 376 g/mol. The van der Waals surface area contributed by atoms with Gasteiger partial charge in [0.1, 0.15) is 4.64 Å². The van der Waals surface area contributed by atoms with Crippen molar-refractivity contribution in [2.45, 2.75) is 12.2 Å². The Balaban J connectivity index is 1.47. The summed E-state index contributed by atoms with van der Waals surface area (Å²) in [6, 6.07) is 6.02. The van der Waals surface area contributed by atoms with Gasteiger partial charge in [-0.1, -0.05) is 18.3 Å². The minimum Gasteiger partial charge on any atom is -0.355 e. The first-order valence-electron chi connectivity index (χ1n) is 7.49. The molecule has 3 aromatic heterocycles. The normalized spacial score (nSPS) is 10.7. The van der Waals surface area contributed by atoms with E-state index in [1.807, 2.05) is 41.7 Å². The first-order chi connectivity index (χ1) is 11.8. The smallest absolute Gasteiger partial charge is 0.201 e. The topological polar surface area (TPSA) is 66.5 Å². The van der Waals surface area contributed by atoms with E-state index in [9.17, 15) is 0 Å². The van der Waals surface area contributed by atoms with Crippen molar-refractivity contribution in [2.24, 2.45) is 0 Å². The highest BCUT2D eigenvalue weighted by Gasteiger charge is 2.02. The number of anilines is 1. The second-order valence-corrected chi connectivity index (χ2v) is 7.27. The van der Waals surface area contributed by atoms with Gasteiger partial charge in [-0.05, 0) is 29.2 Å². The molecule has 0 aromatic carbocycles. The molecule has 3 rings (SSSR count). The Kier molecular flexibility index (Phi) is 6.33. The predicted molar refractivity (Wildman–Crippen MR) is 103 cm³/mol. The van der Waals surface area contributed by atoms with Gasteiger partial charge in [-0.15, -0.1) is 0 Å². The fourth-order valence-corrected chi connectivity index (χ4v) is 3.69. The van der Waals surface area contributed by atoms with Crippen LogP contribution in [0.3, 0.4) is 0 Å². The highest BCUT2D eigenvalue weighted by molar-refractivity contribution is 7.98. The minimum atomic E-state index is 0.712. The van der Waals surface area contributed by atoms with Crippen LogP contribution in [0.4, 0.5) is 5.95 Å². The van der Waals surface area contributed by atoms with Gasteiger partial charge in [0, 0.05) is 54.0 Å². The van der Waals surface area contributed by atoms with E-state index in [1.54, 1.807) is 6.20 Å². The van der Waals surface area contributed by atoms with Gasteiger partial charge in [0.05, 0.1) is 5.69 Å². The van der Waals surface area contributed by atoms with Gasteiger partial charge in [0.25, 0.3) is 0 Å². The Morgan fingerprint density at radius 1 is 1.29 bits per heavy atom. The Morgan fingerprint density at radius 3 is 3.00 bits per heavy atom. The van der Waals surface area contributed by atoms with Crippen LogP contribution in [0.25, 0.3) is 0 Å². The molecule has 0 saturated heterocycles. The van der Waals surface area contributed by atoms with Crippen LogP contribution in [0, 0.1) is 4.64 Å². The van der Waals surface area contributed by atoms with Crippen molar-refractivity contribution in [1.82, 2.24) is 19.3 Å². The largest absolute Gasteiger partial charge is 0.355 e. The molecular formula is C16H17N5S3. The first-order valence-corrected chi connectivity index (χ1v) is 9.89. The summed E-state index contributed by atoms with van der Waals surface area (Å²) in [6.07, 6.45) is 6.18. The van der Waals surface area contributed by atoms with Gasteiger partial charge in [-0.2, -0.15) is 16.1 Å². The van der Waals surface area contributed by atoms with Crippen LogP contribution in [0.15, 0.2) is 42.2 Å². The van der Waals surface area contributed by atoms with Crippen LogP contribution < -0.4 is 5.32 Å². The minimum absolute atomic E-state index is 0.712. The second-order valence-electron chi connectivity index (χ2n) is 5.09. The van der Waals surface area contributed by atoms with Gasteiger partial charge in [-0.25, -0.2) is 4.98 Å². The number of H-pyrrole nitrogens is 1. The zero-order chi connectivity index (χ0) is 16.6. The van der Waals surface area contributed by atoms with Crippen LogP contribution in [0.5, 0.6) is 0 Å². The van der Waals surface area contributed by atoms with Crippen LogP contribution in [-0.2, 0) is 12.2 Å². The molecule has 0 aliphatic heterocycles. The van der Waals surface area contributed by atoms with Crippen LogP contribution in [0.1, 0.15) is 16.8 Å². The standard InChI is InChI=1S/C16H17N5S3/c22-15-13(8-12-2-1-4-17-9-12)10-19-16(20-15)18-5-7-23-11-14-3-6-24-21-14/h1-4,6,9-10H,5,7-8,11H2,(H2,18,19,20,22). The van der Waals surface area contributed by atoms with Crippen molar-refractivity contribution >= 4 is 41.5 Å². The van der Waals surface area contributed by atoms with Gasteiger partial charge in [0.15, 0.2) is 0 Å². The summed E-state index contributed by atoms with van der Waals surface area (Å²) in [6.45, 7) is 0.828. The van der Waals surface area contributed by atoms with Crippen molar-refractivity contribution in [3.05, 3.63) is 63.6 Å². The van der Waals surface area contributed by atoms with E-state index in [4.69, 9.17) is 12.2 Å². The fourth-order valence-electron chi connectivity index (χ4n) is 2.09. The number of nitrogens with zero attached hydrogens (tertiary/aromatic N) is 3. The first kappa shape index (κ1) is 17.1. The Labute approximate surface area is 154 Å². The number of nitrogens with one attached hydrogen (secondary N) is 2. The number of hydrogen-bond donors (Lipinski definition) is 2. The summed E-state index contributed by atoms with van der Waals surface area (Å²) in [5.74, 6) is 2.64. The van der Waals surface area contributed by atoms with E-state index in [2.05, 4.69) is 30.7 Å². The molecule has 0 spiro atoms. The van der Waals surface area contributed by atoms with Crippen LogP contribution in [0.2, 0.25) is 0 Å². The average Bonchev–Trinajstić information content (AvgIpc) is 3.11. The molecule has 3 aromatic rings. The third kappa shape index (κ3) is 5.12. The van der Waals surface area contributed by atoms with Crippen molar-refractivity contribution in [3.63, 3.8) is 0 Å². The molecule has 3 heterocycles. The van der Waals surface area contributed by atoms with Crippen molar-refractivity contribution in [2.75, 3.05) is 17.6 Å². The van der Waals surface area contributed by atoms with Gasteiger partial charge in [0.2, 0.25) is 5.95 Å². The molecule has 0 bridgehead atoms. The molecule has 0 aliphatic carbocycles. The Hall–Kier alpha value is -1.77. The molecule has 24 heavy (non-hydrogen) atoms. The maximum Gasteiger partial charge on any atom is 0.201 e. The maximum atomic E-state index is 5.43. The Bertz CT molecular complexity index is 802. The summed E-state index contributed by atoms with van der Waals surface area (Å²) in [4.78, 5) is 11.7. The highest BCUT2D eigenvalue weighted by Crippen LogP contribution is 2.12. The van der Waals surface area contributed by atoms with E-state index in [0.717, 1.165) is 41.3 Å². The zero-order valence-electron chi connectivity index (χ0n) is 12.9. The quantitative estimate of drug-likeness (QED) is 0.459. The number of thioether (sulfide) groups is 1. The lowest BCUT2D eigenvalue weighted by Crippen LogP contribution is -2.08. The molecule has 0 saturated carbocycles. The lowest BCUT2D eigenvalue weighted by atomic mass is 10.1. The third-order valence-electron chi connectivity index (χ3n) is 3.27. The number of pyridine rings is 1. The number of hydrogen-bond acceptors (Lipinski definition) is 7.